The van der Waals surface area contributed by atoms with E-state index in [2.05, 4.69) is 5.32 Å². The Hall–Kier alpha value is -2.14. The van der Waals surface area contributed by atoms with Gasteiger partial charge in [-0.1, -0.05) is 34.8 Å². The van der Waals surface area contributed by atoms with Gasteiger partial charge in [-0.15, -0.1) is 0 Å². The van der Waals surface area contributed by atoms with Crippen LogP contribution in [-0.2, 0) is 0 Å². The molecule has 0 saturated heterocycles. The molecule has 0 radical (unpaired) electrons. The number of anilines is 1. The van der Waals surface area contributed by atoms with Crippen LogP contribution in [0.15, 0.2) is 52.9 Å². The molecular weight excluding hydrogens is 385 g/mol. The molecule has 3 aromatic rings. The number of carbonyl (C=O) groups excluding carboxylic acids is 1. The summed E-state index contributed by atoms with van der Waals surface area (Å²) in [5, 5.41) is 4.07. The molecule has 0 unspecified atom stereocenters. The number of nitrogens with one attached hydrogen (secondary N) is 1. The van der Waals surface area contributed by atoms with Gasteiger partial charge in [0.1, 0.15) is 11.5 Å². The number of halogens is 3. The number of methoxy groups -OCH3 is 1. The van der Waals surface area contributed by atoms with Crippen LogP contribution in [-0.4, -0.2) is 13.0 Å². The predicted molar refractivity (Wildman–Crippen MR) is 100 cm³/mol. The Morgan fingerprint density at radius 1 is 1.00 bits per heavy atom. The van der Waals surface area contributed by atoms with Gasteiger partial charge in [0.25, 0.3) is 5.91 Å². The highest BCUT2D eigenvalue weighted by Crippen LogP contribution is 2.32. The molecule has 1 aromatic heterocycles. The molecule has 0 aliphatic rings. The van der Waals surface area contributed by atoms with Gasteiger partial charge in [-0.3, -0.25) is 4.79 Å². The van der Waals surface area contributed by atoms with E-state index in [1.807, 2.05) is 0 Å². The Bertz CT molecular complexity index is 937. The van der Waals surface area contributed by atoms with Crippen LogP contribution < -0.4 is 10.1 Å². The van der Waals surface area contributed by atoms with Crippen molar-refractivity contribution in [3.05, 3.63) is 69.4 Å². The minimum Gasteiger partial charge on any atom is -0.495 e. The van der Waals surface area contributed by atoms with Gasteiger partial charge in [0.2, 0.25) is 0 Å². The molecule has 2 aromatic carbocycles. The number of hydrogen-bond donors (Lipinski definition) is 1. The van der Waals surface area contributed by atoms with Crippen LogP contribution in [0.4, 0.5) is 5.69 Å². The summed E-state index contributed by atoms with van der Waals surface area (Å²) in [6, 6.07) is 13.2. The van der Waals surface area contributed by atoms with Crippen LogP contribution in [0.3, 0.4) is 0 Å². The van der Waals surface area contributed by atoms with Crippen LogP contribution in [0.1, 0.15) is 10.6 Å². The maximum atomic E-state index is 12.3. The van der Waals surface area contributed by atoms with Gasteiger partial charge in [0, 0.05) is 16.3 Å². The maximum absolute atomic E-state index is 12.3. The Morgan fingerprint density at radius 2 is 1.80 bits per heavy atom. The van der Waals surface area contributed by atoms with Crippen molar-refractivity contribution in [2.24, 2.45) is 0 Å². The van der Waals surface area contributed by atoms with Gasteiger partial charge >= 0.3 is 0 Å². The molecule has 4 nitrogen and oxygen atoms in total. The van der Waals surface area contributed by atoms with E-state index in [1.54, 1.807) is 48.5 Å². The van der Waals surface area contributed by atoms with Crippen molar-refractivity contribution < 1.29 is 13.9 Å². The molecule has 1 heterocycles. The van der Waals surface area contributed by atoms with Gasteiger partial charge < -0.3 is 14.5 Å². The van der Waals surface area contributed by atoms with Crippen molar-refractivity contribution in [3.63, 3.8) is 0 Å². The molecule has 1 amide bonds. The summed E-state index contributed by atoms with van der Waals surface area (Å²) in [5.74, 6) is 0.738. The van der Waals surface area contributed by atoms with Gasteiger partial charge in [-0.2, -0.15) is 0 Å². The Labute approximate surface area is 159 Å². The van der Waals surface area contributed by atoms with Crippen molar-refractivity contribution in [2.45, 2.75) is 0 Å². The quantitative estimate of drug-likeness (QED) is 0.574. The van der Waals surface area contributed by atoms with Gasteiger partial charge in [-0.05, 0) is 48.5 Å². The van der Waals surface area contributed by atoms with E-state index in [0.717, 1.165) is 0 Å². The SMILES string of the molecule is COc1ccc(NC(=O)c2ccc(-c3ccc(Cl)cc3Cl)o2)cc1Cl. The molecule has 0 aliphatic carbocycles. The van der Waals surface area contributed by atoms with Crippen molar-refractivity contribution in [2.75, 3.05) is 12.4 Å². The normalized spacial score (nSPS) is 10.6. The maximum Gasteiger partial charge on any atom is 0.291 e. The first-order valence-corrected chi connectivity index (χ1v) is 8.31. The van der Waals surface area contributed by atoms with E-state index < -0.39 is 5.91 Å². The fraction of sp³-hybridized carbons (Fsp3) is 0.0556. The number of amides is 1. The highest BCUT2D eigenvalue weighted by molar-refractivity contribution is 6.36. The fourth-order valence-corrected chi connectivity index (χ4v) is 2.99. The van der Waals surface area contributed by atoms with Gasteiger partial charge in [0.15, 0.2) is 5.76 Å². The van der Waals surface area contributed by atoms with Crippen LogP contribution in [0.25, 0.3) is 11.3 Å². The van der Waals surface area contributed by atoms with Gasteiger partial charge in [-0.25, -0.2) is 0 Å². The van der Waals surface area contributed by atoms with E-state index in [9.17, 15) is 4.79 Å². The second-order valence-corrected chi connectivity index (χ2v) is 6.34. The molecule has 1 N–H and O–H groups in total. The summed E-state index contributed by atoms with van der Waals surface area (Å²) in [7, 11) is 1.52. The molecule has 7 heteroatoms. The van der Waals surface area contributed by atoms with Gasteiger partial charge in [0.05, 0.1) is 17.2 Å². The first kappa shape index (κ1) is 17.7. The Morgan fingerprint density at radius 3 is 2.48 bits per heavy atom. The third kappa shape index (κ3) is 3.93. The lowest BCUT2D eigenvalue weighted by Gasteiger charge is -2.07. The zero-order valence-electron chi connectivity index (χ0n) is 13.0. The summed E-state index contributed by atoms with van der Waals surface area (Å²) < 4.78 is 10.7. The number of furan rings is 1. The van der Waals surface area contributed by atoms with Crippen LogP contribution in [0, 0.1) is 0 Å². The minimum absolute atomic E-state index is 0.146. The zero-order chi connectivity index (χ0) is 18.0. The monoisotopic (exact) mass is 395 g/mol. The van der Waals surface area contributed by atoms with E-state index >= 15 is 0 Å². The number of rotatable bonds is 4. The lowest BCUT2D eigenvalue weighted by Crippen LogP contribution is -2.10. The van der Waals surface area contributed by atoms with Crippen molar-refractivity contribution in [1.82, 2.24) is 0 Å². The third-order valence-corrected chi connectivity index (χ3v) is 4.28. The Kier molecular flexibility index (Phi) is 5.23. The summed E-state index contributed by atoms with van der Waals surface area (Å²) in [6.45, 7) is 0. The molecule has 25 heavy (non-hydrogen) atoms. The average Bonchev–Trinajstić information content (AvgIpc) is 3.05. The molecule has 0 bridgehead atoms. The van der Waals surface area contributed by atoms with Crippen molar-refractivity contribution in [1.29, 1.82) is 0 Å². The number of ether oxygens (including phenoxy) is 1. The molecule has 128 valence electrons. The zero-order valence-corrected chi connectivity index (χ0v) is 15.2. The second kappa shape index (κ2) is 7.40. The first-order chi connectivity index (χ1) is 12.0. The minimum atomic E-state index is -0.405. The largest absolute Gasteiger partial charge is 0.495 e. The third-order valence-electron chi connectivity index (χ3n) is 3.44. The standard InChI is InChI=1S/C18H12Cl3NO3/c1-24-16-5-3-11(9-14(16)21)22-18(23)17-7-6-15(25-17)12-4-2-10(19)8-13(12)20/h2-9H,1H3,(H,22,23). The summed E-state index contributed by atoms with van der Waals surface area (Å²) in [6.07, 6.45) is 0. The molecule has 0 fully saturated rings. The van der Waals surface area contributed by atoms with Crippen molar-refractivity contribution >= 4 is 46.4 Å². The molecule has 0 atom stereocenters. The lowest BCUT2D eigenvalue weighted by molar-refractivity contribution is 0.0997. The fourth-order valence-electron chi connectivity index (χ4n) is 2.23. The van der Waals surface area contributed by atoms with E-state index in [0.29, 0.717) is 37.8 Å². The average molecular weight is 397 g/mol. The van der Waals surface area contributed by atoms with Crippen LogP contribution in [0.2, 0.25) is 15.1 Å². The Balaban J connectivity index is 1.80. The molecular formula is C18H12Cl3NO3. The smallest absolute Gasteiger partial charge is 0.291 e. The van der Waals surface area contributed by atoms with Crippen LogP contribution >= 0.6 is 34.8 Å². The topological polar surface area (TPSA) is 51.5 Å². The second-order valence-electron chi connectivity index (χ2n) is 5.09. The van der Waals surface area contributed by atoms with Crippen LogP contribution in [0.5, 0.6) is 5.75 Å². The van der Waals surface area contributed by atoms with Crippen molar-refractivity contribution in [3.8, 4) is 17.1 Å². The predicted octanol–water partition coefficient (Wildman–Crippen LogP) is 6.17. The highest BCUT2D eigenvalue weighted by atomic mass is 35.5. The lowest BCUT2D eigenvalue weighted by atomic mass is 10.2. The molecule has 0 aliphatic heterocycles. The summed E-state index contributed by atoms with van der Waals surface area (Å²) in [5.41, 5.74) is 1.18. The number of hydrogen-bond acceptors (Lipinski definition) is 3. The molecule has 0 saturated carbocycles. The first-order valence-electron chi connectivity index (χ1n) is 7.18. The number of benzene rings is 2. The number of carbonyl (C=O) groups is 1. The van der Waals surface area contributed by atoms with E-state index in [4.69, 9.17) is 44.0 Å². The summed E-state index contributed by atoms with van der Waals surface area (Å²) in [4.78, 5) is 12.3. The van der Waals surface area contributed by atoms with E-state index in [-0.39, 0.29) is 5.76 Å². The van der Waals surface area contributed by atoms with E-state index in [1.165, 1.54) is 7.11 Å². The molecule has 0 spiro atoms. The molecule has 3 rings (SSSR count). The highest BCUT2D eigenvalue weighted by Gasteiger charge is 2.15. The summed E-state index contributed by atoms with van der Waals surface area (Å²) >= 11 is 18.1.